The Morgan fingerprint density at radius 1 is 1.19 bits per heavy atom. The zero-order chi connectivity index (χ0) is 14.8. The minimum Gasteiger partial charge on any atom is -0.465 e. The second-order valence-electron chi connectivity index (χ2n) is 6.28. The van der Waals surface area contributed by atoms with Crippen molar-refractivity contribution >= 4 is 17.3 Å². The molecule has 4 heteroatoms. The molecule has 1 fully saturated rings. The number of hydrogen-bond acceptors (Lipinski definition) is 4. The molecule has 1 saturated carbocycles. The number of aliphatic hydroxyl groups is 1. The van der Waals surface area contributed by atoms with Gasteiger partial charge >= 0.3 is 5.97 Å². The molecule has 0 radical (unpaired) electrons. The predicted molar refractivity (Wildman–Crippen MR) is 83.8 cm³/mol. The molecule has 0 aromatic carbocycles. The van der Waals surface area contributed by atoms with Crippen LogP contribution in [0.4, 0.5) is 0 Å². The van der Waals surface area contributed by atoms with Crippen LogP contribution in [0.2, 0.25) is 0 Å². The highest BCUT2D eigenvalue weighted by atomic mass is 32.1. The normalized spacial score (nSPS) is 20.9. The highest BCUT2D eigenvalue weighted by Crippen LogP contribution is 2.43. The van der Waals surface area contributed by atoms with Gasteiger partial charge in [-0.25, -0.2) is 4.79 Å². The summed E-state index contributed by atoms with van der Waals surface area (Å²) in [5.74, 6) is 0.0431. The first-order valence-corrected chi connectivity index (χ1v) is 8.95. The molecule has 1 aromatic heterocycles. The molecule has 116 valence electrons. The number of aryl methyl sites for hydroxylation is 1. The number of carbonyl (C=O) groups excluding carboxylic acids is 1. The number of thiophene rings is 1. The molecule has 2 aliphatic rings. The Labute approximate surface area is 130 Å². The van der Waals surface area contributed by atoms with Gasteiger partial charge in [-0.3, -0.25) is 0 Å². The van der Waals surface area contributed by atoms with Crippen LogP contribution in [0.3, 0.4) is 0 Å². The molecule has 2 aliphatic carbocycles. The van der Waals surface area contributed by atoms with Crippen LogP contribution < -0.4 is 0 Å². The average Bonchev–Trinajstić information content (AvgIpc) is 2.93. The number of fused-ring (bicyclic) bond motifs is 1. The van der Waals surface area contributed by atoms with Crippen LogP contribution in [0.15, 0.2) is 0 Å². The Morgan fingerprint density at radius 2 is 1.90 bits per heavy atom. The third kappa shape index (κ3) is 2.88. The minimum atomic E-state index is -0.491. The number of esters is 1. The molecule has 0 aliphatic heterocycles. The number of rotatable bonds is 3. The topological polar surface area (TPSA) is 46.5 Å². The van der Waals surface area contributed by atoms with Gasteiger partial charge < -0.3 is 9.84 Å². The first kappa shape index (κ1) is 15.0. The molecule has 0 spiro atoms. The van der Waals surface area contributed by atoms with Gasteiger partial charge in [-0.05, 0) is 50.0 Å². The van der Waals surface area contributed by atoms with E-state index in [2.05, 4.69) is 0 Å². The number of carbonyl (C=O) groups is 1. The Morgan fingerprint density at radius 3 is 2.62 bits per heavy atom. The van der Waals surface area contributed by atoms with E-state index in [0.29, 0.717) is 11.5 Å². The summed E-state index contributed by atoms with van der Waals surface area (Å²) in [4.78, 5) is 14.4. The van der Waals surface area contributed by atoms with Crippen molar-refractivity contribution in [3.63, 3.8) is 0 Å². The summed E-state index contributed by atoms with van der Waals surface area (Å²) in [5.41, 5.74) is 1.85. The second-order valence-corrected chi connectivity index (χ2v) is 7.42. The van der Waals surface area contributed by atoms with E-state index in [1.54, 1.807) is 11.3 Å². The Kier molecular flexibility index (Phi) is 4.65. The molecule has 1 aromatic rings. The minimum absolute atomic E-state index is 0.265. The summed E-state index contributed by atoms with van der Waals surface area (Å²) in [7, 11) is 1.44. The molecule has 1 N–H and O–H groups in total. The first-order valence-electron chi connectivity index (χ1n) is 8.13. The highest BCUT2D eigenvalue weighted by Gasteiger charge is 2.32. The van der Waals surface area contributed by atoms with Crippen LogP contribution in [0.5, 0.6) is 0 Å². The smallest absolute Gasteiger partial charge is 0.339 e. The molecule has 1 unspecified atom stereocenters. The van der Waals surface area contributed by atoms with Crippen molar-refractivity contribution in [2.75, 3.05) is 7.11 Å². The van der Waals surface area contributed by atoms with Crippen molar-refractivity contribution in [1.29, 1.82) is 0 Å². The third-order valence-electron chi connectivity index (χ3n) is 4.95. The van der Waals surface area contributed by atoms with E-state index in [9.17, 15) is 9.90 Å². The standard InChI is InChI=1S/C17H24O3S/c1-20-17(19)14-12-9-5-6-10-13(12)21-16(14)15(18)11-7-3-2-4-8-11/h11,15,18H,2-10H2,1H3. The third-order valence-corrected chi connectivity index (χ3v) is 6.32. The van der Waals surface area contributed by atoms with E-state index in [0.717, 1.165) is 42.5 Å². The second kappa shape index (κ2) is 6.49. The van der Waals surface area contributed by atoms with E-state index in [-0.39, 0.29) is 5.97 Å². The van der Waals surface area contributed by atoms with Gasteiger partial charge in [0.2, 0.25) is 0 Å². The summed E-state index contributed by atoms with van der Waals surface area (Å²) in [6.45, 7) is 0. The summed E-state index contributed by atoms with van der Waals surface area (Å²) in [5, 5.41) is 10.8. The van der Waals surface area contributed by atoms with Gasteiger partial charge in [0.15, 0.2) is 0 Å². The summed E-state index contributed by atoms with van der Waals surface area (Å²) in [6.07, 6.45) is 9.63. The first-order chi connectivity index (χ1) is 10.2. The maximum atomic E-state index is 12.2. The van der Waals surface area contributed by atoms with Gasteiger partial charge in [-0.1, -0.05) is 19.3 Å². The fourth-order valence-corrected chi connectivity index (χ4v) is 5.25. The van der Waals surface area contributed by atoms with Gasteiger partial charge in [0.25, 0.3) is 0 Å². The van der Waals surface area contributed by atoms with Crippen molar-refractivity contribution in [2.24, 2.45) is 5.92 Å². The largest absolute Gasteiger partial charge is 0.465 e. The van der Waals surface area contributed by atoms with E-state index < -0.39 is 6.10 Å². The van der Waals surface area contributed by atoms with Crippen molar-refractivity contribution in [1.82, 2.24) is 0 Å². The summed E-state index contributed by atoms with van der Waals surface area (Å²) in [6, 6.07) is 0. The lowest BCUT2D eigenvalue weighted by Gasteiger charge is -2.26. The highest BCUT2D eigenvalue weighted by molar-refractivity contribution is 7.12. The summed E-state index contributed by atoms with van der Waals surface area (Å²) >= 11 is 1.66. The van der Waals surface area contributed by atoms with Crippen molar-refractivity contribution < 1.29 is 14.6 Å². The van der Waals surface area contributed by atoms with Gasteiger partial charge in [0.05, 0.1) is 18.8 Å². The predicted octanol–water partition coefficient (Wildman–Crippen LogP) is 4.03. The monoisotopic (exact) mass is 308 g/mol. The lowest BCUT2D eigenvalue weighted by Crippen LogP contribution is -2.18. The summed E-state index contributed by atoms with van der Waals surface area (Å²) < 4.78 is 5.00. The fraction of sp³-hybridized carbons (Fsp3) is 0.706. The van der Waals surface area contributed by atoms with Crippen LogP contribution in [0.1, 0.15) is 76.7 Å². The van der Waals surface area contributed by atoms with Gasteiger partial charge in [0, 0.05) is 9.75 Å². The van der Waals surface area contributed by atoms with Gasteiger partial charge in [0.1, 0.15) is 0 Å². The molecule has 3 nitrogen and oxygen atoms in total. The maximum absolute atomic E-state index is 12.2. The zero-order valence-electron chi connectivity index (χ0n) is 12.7. The van der Waals surface area contributed by atoms with Crippen molar-refractivity contribution in [3.8, 4) is 0 Å². The molecule has 3 rings (SSSR count). The van der Waals surface area contributed by atoms with E-state index in [1.165, 1.54) is 37.7 Å². The van der Waals surface area contributed by atoms with Crippen LogP contribution in [-0.4, -0.2) is 18.2 Å². The Bertz CT molecular complexity index is 514. The van der Waals surface area contributed by atoms with E-state index >= 15 is 0 Å². The molecule has 0 saturated heterocycles. The molecule has 1 heterocycles. The number of aliphatic hydroxyl groups excluding tert-OH is 1. The van der Waals surface area contributed by atoms with Gasteiger partial charge in [-0.2, -0.15) is 0 Å². The van der Waals surface area contributed by atoms with Crippen LogP contribution in [0, 0.1) is 5.92 Å². The van der Waals surface area contributed by atoms with Crippen molar-refractivity contribution in [2.45, 2.75) is 63.9 Å². The van der Waals surface area contributed by atoms with Crippen LogP contribution in [-0.2, 0) is 17.6 Å². The quantitative estimate of drug-likeness (QED) is 0.858. The molecule has 1 atom stereocenters. The fourth-order valence-electron chi connectivity index (χ4n) is 3.79. The SMILES string of the molecule is COC(=O)c1c(C(O)C2CCCCC2)sc2c1CCCC2. The van der Waals surface area contributed by atoms with Crippen molar-refractivity contribution in [3.05, 3.63) is 20.9 Å². The number of ether oxygens (including phenoxy) is 1. The van der Waals surface area contributed by atoms with E-state index in [4.69, 9.17) is 4.74 Å². The van der Waals surface area contributed by atoms with Crippen LogP contribution >= 0.6 is 11.3 Å². The molecule has 0 amide bonds. The Balaban J connectivity index is 1.96. The Hall–Kier alpha value is -0.870. The molecular formula is C17H24O3S. The zero-order valence-corrected chi connectivity index (χ0v) is 13.5. The molecule has 21 heavy (non-hydrogen) atoms. The van der Waals surface area contributed by atoms with Crippen LogP contribution in [0.25, 0.3) is 0 Å². The maximum Gasteiger partial charge on any atom is 0.339 e. The number of hydrogen-bond donors (Lipinski definition) is 1. The van der Waals surface area contributed by atoms with E-state index in [1.807, 2.05) is 0 Å². The average molecular weight is 308 g/mol. The lowest BCUT2D eigenvalue weighted by molar-refractivity contribution is 0.0576. The molecular weight excluding hydrogens is 284 g/mol. The molecule has 0 bridgehead atoms. The number of methoxy groups -OCH3 is 1. The van der Waals surface area contributed by atoms with Gasteiger partial charge in [-0.15, -0.1) is 11.3 Å². The lowest BCUT2D eigenvalue weighted by atomic mass is 9.83.